The van der Waals surface area contributed by atoms with Crippen molar-refractivity contribution < 1.29 is 4.39 Å². The Balaban J connectivity index is 2.95. The Labute approximate surface area is 78.5 Å². The second kappa shape index (κ2) is 4.03. The van der Waals surface area contributed by atoms with Gasteiger partial charge in [0.2, 0.25) is 0 Å². The van der Waals surface area contributed by atoms with E-state index in [0.29, 0.717) is 5.69 Å². The molecule has 60 valence electrons. The van der Waals surface area contributed by atoms with Gasteiger partial charge in [0.05, 0.1) is 6.57 Å². The zero-order valence-electron chi connectivity index (χ0n) is 6.09. The van der Waals surface area contributed by atoms with E-state index in [2.05, 4.69) is 20.8 Å². The number of hydrogen-bond donors (Lipinski definition) is 0. The molecule has 0 heterocycles. The van der Waals surface area contributed by atoms with Crippen molar-refractivity contribution in [3.63, 3.8) is 0 Å². The van der Waals surface area contributed by atoms with Gasteiger partial charge in [0.25, 0.3) is 0 Å². The average Bonchev–Trinajstić information content (AvgIpc) is 2.05. The van der Waals surface area contributed by atoms with Crippen molar-refractivity contribution in [2.75, 3.05) is 0 Å². The molecular weight excluding hydrogens is 221 g/mol. The first-order valence-corrected chi connectivity index (χ1v) is 4.02. The maximum absolute atomic E-state index is 12.3. The molecule has 0 aromatic heterocycles. The predicted octanol–water partition coefficient (Wildman–Crippen LogP) is 3.90. The molecule has 1 rings (SSSR count). The first kappa shape index (κ1) is 8.95. The van der Waals surface area contributed by atoms with Crippen molar-refractivity contribution in [3.8, 4) is 0 Å². The van der Waals surface area contributed by atoms with Crippen molar-refractivity contribution in [1.29, 1.82) is 0 Å². The molecule has 0 spiro atoms. The van der Waals surface area contributed by atoms with Gasteiger partial charge in [-0.25, -0.2) is 4.85 Å². The largest absolute Gasteiger partial charge is 0.238 e. The summed E-state index contributed by atoms with van der Waals surface area (Å²) in [5.41, 5.74) is 1.29. The van der Waals surface area contributed by atoms with Crippen LogP contribution in [0.4, 0.5) is 10.1 Å². The van der Waals surface area contributed by atoms with Crippen LogP contribution in [0.1, 0.15) is 5.56 Å². The highest BCUT2D eigenvalue weighted by Crippen LogP contribution is 2.17. The number of halogens is 2. The fraction of sp³-hybridized carbons (Fsp3) is 0. The fourth-order valence-electron chi connectivity index (χ4n) is 0.771. The van der Waals surface area contributed by atoms with Crippen molar-refractivity contribution >= 4 is 27.7 Å². The minimum atomic E-state index is -0.418. The minimum absolute atomic E-state index is 0.418. The zero-order valence-corrected chi connectivity index (χ0v) is 7.68. The Morgan fingerprint density at radius 3 is 2.42 bits per heavy atom. The third kappa shape index (κ3) is 2.48. The highest BCUT2D eigenvalue weighted by Gasteiger charge is 1.91. The molecule has 1 aromatic rings. The molecule has 12 heavy (non-hydrogen) atoms. The number of hydrogen-bond acceptors (Lipinski definition) is 0. The average molecular weight is 226 g/mol. The molecule has 0 unspecified atom stereocenters. The van der Waals surface area contributed by atoms with Crippen LogP contribution in [-0.4, -0.2) is 0 Å². The normalized spacial score (nSPS) is 10.9. The summed E-state index contributed by atoms with van der Waals surface area (Å²) >= 11 is 2.68. The quantitative estimate of drug-likeness (QED) is 0.639. The highest BCUT2D eigenvalue weighted by molar-refractivity contribution is 9.11. The van der Waals surface area contributed by atoms with Crippen LogP contribution < -0.4 is 0 Å². The van der Waals surface area contributed by atoms with Gasteiger partial charge in [-0.15, -0.1) is 0 Å². The van der Waals surface area contributed by atoms with E-state index in [9.17, 15) is 4.39 Å². The van der Waals surface area contributed by atoms with E-state index in [1.165, 1.54) is 6.08 Å². The lowest BCUT2D eigenvalue weighted by atomic mass is 10.2. The molecule has 0 aliphatic heterocycles. The first-order chi connectivity index (χ1) is 5.72. The number of rotatable bonds is 1. The van der Waals surface area contributed by atoms with Gasteiger partial charge >= 0.3 is 0 Å². The summed E-state index contributed by atoms with van der Waals surface area (Å²) in [6, 6.07) is 6.67. The van der Waals surface area contributed by atoms with Crippen molar-refractivity contribution in [2.24, 2.45) is 0 Å². The smallest absolute Gasteiger partial charge is 0.187 e. The topological polar surface area (TPSA) is 4.36 Å². The lowest BCUT2D eigenvalue weighted by Gasteiger charge is -1.91. The molecule has 0 aliphatic carbocycles. The Kier molecular flexibility index (Phi) is 3.01. The summed E-state index contributed by atoms with van der Waals surface area (Å²) < 4.78 is 11.9. The predicted molar refractivity (Wildman–Crippen MR) is 50.7 cm³/mol. The van der Waals surface area contributed by atoms with Crippen molar-refractivity contribution in [2.45, 2.75) is 0 Å². The summed E-state index contributed by atoms with van der Waals surface area (Å²) in [6.45, 7) is 6.68. The van der Waals surface area contributed by atoms with Crippen LogP contribution >= 0.6 is 15.9 Å². The molecule has 0 fully saturated rings. The van der Waals surface area contributed by atoms with Gasteiger partial charge in [0, 0.05) is 0 Å². The van der Waals surface area contributed by atoms with Crippen LogP contribution in [-0.2, 0) is 0 Å². The van der Waals surface area contributed by atoms with Crippen LogP contribution in [0, 0.1) is 6.57 Å². The zero-order chi connectivity index (χ0) is 8.97. The lowest BCUT2D eigenvalue weighted by molar-refractivity contribution is 0.712. The van der Waals surface area contributed by atoms with Gasteiger partial charge in [-0.1, -0.05) is 24.3 Å². The Morgan fingerprint density at radius 2 is 2.00 bits per heavy atom. The standard InChI is InChI=1S/C9H5BrFN/c1-12-8-4-2-7(3-5-8)6-9(10)11/h2-6H/b9-6-. The summed E-state index contributed by atoms with van der Waals surface area (Å²) in [5.74, 6) is 0. The van der Waals surface area contributed by atoms with E-state index < -0.39 is 4.74 Å². The molecule has 0 amide bonds. The second-order valence-corrected chi connectivity index (χ2v) is 2.89. The third-order valence-corrected chi connectivity index (χ3v) is 1.53. The van der Waals surface area contributed by atoms with Crippen LogP contribution in [0.15, 0.2) is 29.0 Å². The summed E-state index contributed by atoms with van der Waals surface area (Å²) in [6.07, 6.45) is 1.34. The first-order valence-electron chi connectivity index (χ1n) is 3.22. The van der Waals surface area contributed by atoms with Gasteiger partial charge in [-0.3, -0.25) is 0 Å². The van der Waals surface area contributed by atoms with Gasteiger partial charge < -0.3 is 0 Å². The van der Waals surface area contributed by atoms with Gasteiger partial charge in [0.15, 0.2) is 10.4 Å². The van der Waals surface area contributed by atoms with E-state index in [1.54, 1.807) is 24.3 Å². The molecule has 1 aromatic carbocycles. The fourth-order valence-corrected chi connectivity index (χ4v) is 1.04. The van der Waals surface area contributed by atoms with E-state index in [1.807, 2.05) is 0 Å². The molecule has 3 heteroatoms. The van der Waals surface area contributed by atoms with E-state index in [4.69, 9.17) is 6.57 Å². The van der Waals surface area contributed by atoms with E-state index in [0.717, 1.165) is 5.56 Å². The van der Waals surface area contributed by atoms with Gasteiger partial charge in [-0.2, -0.15) is 4.39 Å². The molecule has 1 nitrogen and oxygen atoms in total. The van der Waals surface area contributed by atoms with Crippen molar-refractivity contribution in [3.05, 3.63) is 46.0 Å². The second-order valence-electron chi connectivity index (χ2n) is 2.14. The SMILES string of the molecule is [C-]#[N+]c1ccc(/C=C(\F)Br)cc1. The van der Waals surface area contributed by atoms with Crippen LogP contribution in [0.2, 0.25) is 0 Å². The lowest BCUT2D eigenvalue weighted by Crippen LogP contribution is -1.69. The van der Waals surface area contributed by atoms with Gasteiger partial charge in [-0.05, 0) is 27.6 Å². The monoisotopic (exact) mass is 225 g/mol. The third-order valence-electron chi connectivity index (χ3n) is 1.30. The maximum Gasteiger partial charge on any atom is 0.187 e. The molecule has 0 N–H and O–H groups in total. The number of benzene rings is 1. The van der Waals surface area contributed by atoms with Crippen LogP contribution in [0.3, 0.4) is 0 Å². The molecule has 0 bridgehead atoms. The molecule has 0 aliphatic rings. The van der Waals surface area contributed by atoms with E-state index in [-0.39, 0.29) is 0 Å². The molecule has 0 saturated carbocycles. The Hall–Kier alpha value is -1.14. The van der Waals surface area contributed by atoms with E-state index >= 15 is 0 Å². The summed E-state index contributed by atoms with van der Waals surface area (Å²) in [5, 5.41) is 0. The van der Waals surface area contributed by atoms with Crippen LogP contribution in [0.25, 0.3) is 10.9 Å². The van der Waals surface area contributed by atoms with Gasteiger partial charge in [0.1, 0.15) is 0 Å². The number of nitrogens with zero attached hydrogens (tertiary/aromatic N) is 1. The molecule has 0 saturated heterocycles. The maximum atomic E-state index is 12.3. The molecule has 0 radical (unpaired) electrons. The Morgan fingerprint density at radius 1 is 1.42 bits per heavy atom. The highest BCUT2D eigenvalue weighted by atomic mass is 79.9. The van der Waals surface area contributed by atoms with Crippen molar-refractivity contribution in [1.82, 2.24) is 0 Å². The summed E-state index contributed by atoms with van der Waals surface area (Å²) in [4.78, 5) is 3.21. The minimum Gasteiger partial charge on any atom is -0.238 e. The molecular formula is C9H5BrFN. The molecule has 0 atom stereocenters. The Bertz CT molecular complexity index is 331. The summed E-state index contributed by atoms with van der Waals surface area (Å²) in [7, 11) is 0. The van der Waals surface area contributed by atoms with Crippen LogP contribution in [0.5, 0.6) is 0 Å².